The lowest BCUT2D eigenvalue weighted by Crippen LogP contribution is -2.13. The maximum Gasteiger partial charge on any atom is 0.261 e. The third-order valence-electron chi connectivity index (χ3n) is 2.67. The van der Waals surface area contributed by atoms with Crippen molar-refractivity contribution in [1.29, 1.82) is 0 Å². The van der Waals surface area contributed by atoms with E-state index in [0.717, 1.165) is 0 Å². The molecule has 0 aliphatic rings. The van der Waals surface area contributed by atoms with Crippen molar-refractivity contribution in [3.05, 3.63) is 57.0 Å². The molecular formula is C13H10Cl3NO3S. The molecule has 0 saturated carbocycles. The van der Waals surface area contributed by atoms with Crippen LogP contribution in [-0.4, -0.2) is 13.5 Å². The second-order valence-corrected chi connectivity index (χ2v) is 7.06. The van der Waals surface area contributed by atoms with Crippen molar-refractivity contribution in [3.8, 4) is 0 Å². The molecule has 0 fully saturated rings. The van der Waals surface area contributed by atoms with Crippen LogP contribution >= 0.6 is 34.8 Å². The Bertz CT molecular complexity index is 761. The predicted octanol–water partition coefficient (Wildman–Crippen LogP) is 3.94. The number of anilines is 1. The molecule has 0 aromatic heterocycles. The first-order valence-electron chi connectivity index (χ1n) is 5.70. The summed E-state index contributed by atoms with van der Waals surface area (Å²) in [4.78, 5) is 0.0434. The van der Waals surface area contributed by atoms with Gasteiger partial charge in [-0.2, -0.15) is 0 Å². The van der Waals surface area contributed by atoms with E-state index in [0.29, 0.717) is 5.56 Å². The Morgan fingerprint density at radius 3 is 2.10 bits per heavy atom. The molecule has 0 spiro atoms. The highest BCUT2D eigenvalue weighted by Gasteiger charge is 2.16. The minimum absolute atomic E-state index is 0.0434. The van der Waals surface area contributed by atoms with Gasteiger partial charge in [0.05, 0.1) is 32.3 Å². The zero-order valence-electron chi connectivity index (χ0n) is 10.5. The SMILES string of the molecule is O=S(=O)(Nc1cc(Cl)c(Cl)cc1Cl)c1ccc(CO)cc1. The smallest absolute Gasteiger partial charge is 0.261 e. The maximum absolute atomic E-state index is 12.2. The first-order chi connectivity index (χ1) is 9.83. The molecule has 2 rings (SSSR count). The summed E-state index contributed by atoms with van der Waals surface area (Å²) >= 11 is 17.6. The van der Waals surface area contributed by atoms with Gasteiger partial charge in [0.1, 0.15) is 0 Å². The molecule has 8 heteroatoms. The van der Waals surface area contributed by atoms with Crippen molar-refractivity contribution in [2.75, 3.05) is 4.72 Å². The normalized spacial score (nSPS) is 11.4. The van der Waals surface area contributed by atoms with Crippen LogP contribution in [0.5, 0.6) is 0 Å². The highest BCUT2D eigenvalue weighted by molar-refractivity contribution is 7.92. The minimum atomic E-state index is -3.81. The maximum atomic E-state index is 12.2. The molecule has 0 atom stereocenters. The monoisotopic (exact) mass is 365 g/mol. The third-order valence-corrected chi connectivity index (χ3v) is 5.09. The number of hydrogen-bond acceptors (Lipinski definition) is 3. The van der Waals surface area contributed by atoms with Crippen LogP contribution < -0.4 is 4.72 Å². The summed E-state index contributed by atoms with van der Waals surface area (Å²) in [5.74, 6) is 0. The van der Waals surface area contributed by atoms with E-state index in [9.17, 15) is 8.42 Å². The summed E-state index contributed by atoms with van der Waals surface area (Å²) < 4.78 is 26.8. The van der Waals surface area contributed by atoms with Crippen molar-refractivity contribution in [2.45, 2.75) is 11.5 Å². The summed E-state index contributed by atoms with van der Waals surface area (Å²) in [6, 6.07) is 8.51. The molecule has 0 amide bonds. The second-order valence-electron chi connectivity index (χ2n) is 4.15. The van der Waals surface area contributed by atoms with Gasteiger partial charge >= 0.3 is 0 Å². The van der Waals surface area contributed by atoms with Crippen LogP contribution in [0.4, 0.5) is 5.69 Å². The van der Waals surface area contributed by atoms with Gasteiger partial charge in [-0.05, 0) is 29.8 Å². The van der Waals surface area contributed by atoms with Crippen LogP contribution in [0.2, 0.25) is 15.1 Å². The number of nitrogens with one attached hydrogen (secondary N) is 1. The highest BCUT2D eigenvalue weighted by Crippen LogP contribution is 2.33. The first-order valence-corrected chi connectivity index (χ1v) is 8.32. The minimum Gasteiger partial charge on any atom is -0.392 e. The van der Waals surface area contributed by atoms with Gasteiger partial charge in [0.2, 0.25) is 0 Å². The van der Waals surface area contributed by atoms with Gasteiger partial charge in [-0.25, -0.2) is 8.42 Å². The molecule has 0 radical (unpaired) electrons. The molecule has 0 aliphatic heterocycles. The fourth-order valence-corrected chi connectivity index (χ4v) is 3.30. The summed E-state index contributed by atoms with van der Waals surface area (Å²) in [7, 11) is -3.81. The van der Waals surface area contributed by atoms with E-state index in [1.54, 1.807) is 0 Å². The van der Waals surface area contributed by atoms with Gasteiger partial charge in [0.15, 0.2) is 0 Å². The van der Waals surface area contributed by atoms with Crippen molar-refractivity contribution >= 4 is 50.5 Å². The molecule has 0 saturated heterocycles. The fraction of sp³-hybridized carbons (Fsp3) is 0.0769. The largest absolute Gasteiger partial charge is 0.392 e. The van der Waals surface area contributed by atoms with Crippen LogP contribution in [0.25, 0.3) is 0 Å². The van der Waals surface area contributed by atoms with Gasteiger partial charge in [0, 0.05) is 0 Å². The molecule has 4 nitrogen and oxygen atoms in total. The van der Waals surface area contributed by atoms with E-state index in [-0.39, 0.29) is 32.3 Å². The molecule has 0 aliphatic carbocycles. The van der Waals surface area contributed by atoms with E-state index < -0.39 is 10.0 Å². The predicted molar refractivity (Wildman–Crippen MR) is 84.6 cm³/mol. The van der Waals surface area contributed by atoms with E-state index in [1.807, 2.05) is 0 Å². The van der Waals surface area contributed by atoms with Crippen LogP contribution in [0.1, 0.15) is 5.56 Å². The Labute approximate surface area is 137 Å². The summed E-state index contributed by atoms with van der Waals surface area (Å²) in [6.07, 6.45) is 0. The van der Waals surface area contributed by atoms with Crippen LogP contribution in [0, 0.1) is 0 Å². The standard InChI is InChI=1S/C13H10Cl3NO3S/c14-10-5-12(16)13(6-11(10)15)17-21(19,20)9-3-1-8(7-18)2-4-9/h1-6,17-18H,7H2. The van der Waals surface area contributed by atoms with Gasteiger partial charge < -0.3 is 5.11 Å². The molecule has 2 aromatic rings. The number of aliphatic hydroxyl groups excluding tert-OH is 1. The van der Waals surface area contributed by atoms with Crippen LogP contribution in [0.15, 0.2) is 41.3 Å². The van der Waals surface area contributed by atoms with E-state index >= 15 is 0 Å². The summed E-state index contributed by atoms with van der Waals surface area (Å²) in [6.45, 7) is -0.160. The zero-order valence-corrected chi connectivity index (χ0v) is 13.6. The van der Waals surface area contributed by atoms with Crippen LogP contribution in [0.3, 0.4) is 0 Å². The number of benzene rings is 2. The first kappa shape index (κ1) is 16.4. The van der Waals surface area contributed by atoms with Gasteiger partial charge in [-0.1, -0.05) is 46.9 Å². The topological polar surface area (TPSA) is 66.4 Å². The lowest BCUT2D eigenvalue weighted by Gasteiger charge is -2.11. The van der Waals surface area contributed by atoms with Crippen molar-refractivity contribution in [3.63, 3.8) is 0 Å². The zero-order chi connectivity index (χ0) is 15.6. The molecule has 2 aromatic carbocycles. The third kappa shape index (κ3) is 3.81. The quantitative estimate of drug-likeness (QED) is 0.805. The number of hydrogen-bond donors (Lipinski definition) is 2. The second kappa shape index (κ2) is 6.42. The molecule has 2 N–H and O–H groups in total. The van der Waals surface area contributed by atoms with E-state index in [1.165, 1.54) is 36.4 Å². The van der Waals surface area contributed by atoms with Gasteiger partial charge in [-0.3, -0.25) is 4.72 Å². The number of sulfonamides is 1. The number of halogens is 3. The summed E-state index contributed by atoms with van der Waals surface area (Å²) in [5.41, 5.74) is 0.749. The van der Waals surface area contributed by atoms with Crippen molar-refractivity contribution in [1.82, 2.24) is 0 Å². The number of aliphatic hydroxyl groups is 1. The number of rotatable bonds is 4. The van der Waals surface area contributed by atoms with Gasteiger partial charge in [-0.15, -0.1) is 0 Å². The molecule has 0 heterocycles. The Morgan fingerprint density at radius 1 is 0.952 bits per heavy atom. The Kier molecular flexibility index (Phi) is 5.01. The lowest BCUT2D eigenvalue weighted by atomic mass is 10.2. The van der Waals surface area contributed by atoms with Crippen LogP contribution in [-0.2, 0) is 16.6 Å². The molecular weight excluding hydrogens is 357 g/mol. The van der Waals surface area contributed by atoms with E-state index in [2.05, 4.69) is 4.72 Å². The Hall–Kier alpha value is -0.980. The molecule has 112 valence electrons. The van der Waals surface area contributed by atoms with E-state index in [4.69, 9.17) is 39.9 Å². The lowest BCUT2D eigenvalue weighted by molar-refractivity contribution is 0.282. The summed E-state index contributed by atoms with van der Waals surface area (Å²) in [5, 5.41) is 9.51. The average molecular weight is 367 g/mol. The molecule has 0 unspecified atom stereocenters. The Morgan fingerprint density at radius 2 is 1.52 bits per heavy atom. The Balaban J connectivity index is 2.34. The average Bonchev–Trinajstić information content (AvgIpc) is 2.44. The highest BCUT2D eigenvalue weighted by atomic mass is 35.5. The van der Waals surface area contributed by atoms with Gasteiger partial charge in [0.25, 0.3) is 10.0 Å². The molecule has 0 bridgehead atoms. The van der Waals surface area contributed by atoms with Crippen molar-refractivity contribution in [2.24, 2.45) is 0 Å². The fourth-order valence-electron chi connectivity index (χ4n) is 1.58. The van der Waals surface area contributed by atoms with Crippen molar-refractivity contribution < 1.29 is 13.5 Å². The molecule has 21 heavy (non-hydrogen) atoms.